The number of likely N-dealkylation sites (N-methyl/N-ethyl adjacent to an activating group) is 1. The van der Waals surface area contributed by atoms with E-state index in [0.29, 0.717) is 0 Å². The van der Waals surface area contributed by atoms with Crippen LogP contribution >= 0.6 is 0 Å². The van der Waals surface area contributed by atoms with E-state index in [1.165, 1.54) is 0 Å². The molecule has 0 saturated heterocycles. The number of hydrogen-bond donors (Lipinski definition) is 1. The topological polar surface area (TPSA) is 42.0 Å². The number of nitrogens with zero attached hydrogens (tertiary/aromatic N) is 1. The first-order valence-electron chi connectivity index (χ1n) is 5.63. The highest BCUT2D eigenvalue weighted by atomic mass is 16.1. The van der Waals surface area contributed by atoms with Crippen LogP contribution in [0.25, 0.3) is 10.8 Å². The van der Waals surface area contributed by atoms with Crippen LogP contribution in [0.1, 0.15) is 24.2 Å². The number of pyridine rings is 1. The summed E-state index contributed by atoms with van der Waals surface area (Å²) in [6, 6.07) is 7.66. The van der Waals surface area contributed by atoms with Gasteiger partial charge in [-0.2, -0.15) is 0 Å². The molecule has 88 valence electrons. The molecule has 0 unspecified atom stereocenters. The Morgan fingerprint density at radius 3 is 2.76 bits per heavy atom. The van der Waals surface area contributed by atoms with E-state index in [9.17, 15) is 4.79 Å². The van der Waals surface area contributed by atoms with Crippen molar-refractivity contribution in [1.82, 2.24) is 10.3 Å². The minimum absolute atomic E-state index is 0.0820. The first-order chi connectivity index (χ1) is 8.06. The van der Waals surface area contributed by atoms with Gasteiger partial charge in [-0.25, -0.2) is 0 Å². The van der Waals surface area contributed by atoms with Crippen molar-refractivity contribution in [3.63, 3.8) is 0 Å². The second-order valence-corrected chi connectivity index (χ2v) is 4.61. The third-order valence-corrected chi connectivity index (χ3v) is 3.12. The predicted molar refractivity (Wildman–Crippen MR) is 69.2 cm³/mol. The van der Waals surface area contributed by atoms with Crippen molar-refractivity contribution in [1.29, 1.82) is 0 Å². The summed E-state index contributed by atoms with van der Waals surface area (Å²) in [5.74, 6) is 0.0820. The van der Waals surface area contributed by atoms with Crippen LogP contribution in [0.15, 0.2) is 36.7 Å². The molecule has 0 fully saturated rings. The largest absolute Gasteiger partial charge is 0.308 e. The highest BCUT2D eigenvalue weighted by Crippen LogP contribution is 2.21. The van der Waals surface area contributed by atoms with Gasteiger partial charge in [-0.05, 0) is 32.3 Å². The third-order valence-electron chi connectivity index (χ3n) is 3.12. The van der Waals surface area contributed by atoms with Crippen LogP contribution in [-0.4, -0.2) is 23.4 Å². The molecular weight excluding hydrogens is 212 g/mol. The number of benzene rings is 1. The molecule has 0 aliphatic carbocycles. The molecule has 0 amide bonds. The number of ketones is 1. The number of carbonyl (C=O) groups excluding carboxylic acids is 1. The maximum atomic E-state index is 12.4. The SMILES string of the molecule is CNC(C)(C)C(=O)c1cccc2ccncc12. The lowest BCUT2D eigenvalue weighted by atomic mass is 9.91. The molecule has 1 N–H and O–H groups in total. The summed E-state index contributed by atoms with van der Waals surface area (Å²) >= 11 is 0. The van der Waals surface area contributed by atoms with E-state index in [-0.39, 0.29) is 5.78 Å². The Morgan fingerprint density at radius 2 is 2.06 bits per heavy atom. The van der Waals surface area contributed by atoms with E-state index in [4.69, 9.17) is 0 Å². The molecular formula is C14H16N2O. The number of nitrogens with one attached hydrogen (secondary N) is 1. The average Bonchev–Trinajstić information content (AvgIpc) is 2.37. The summed E-state index contributed by atoms with van der Waals surface area (Å²) in [6.07, 6.45) is 3.48. The molecule has 0 bridgehead atoms. The molecule has 2 rings (SSSR count). The van der Waals surface area contributed by atoms with Gasteiger partial charge in [0, 0.05) is 23.3 Å². The van der Waals surface area contributed by atoms with Crippen molar-refractivity contribution in [3.8, 4) is 0 Å². The normalized spacial score (nSPS) is 11.7. The predicted octanol–water partition coefficient (Wildman–Crippen LogP) is 2.42. The molecule has 1 heterocycles. The van der Waals surface area contributed by atoms with Crippen LogP contribution < -0.4 is 5.32 Å². The van der Waals surface area contributed by atoms with Crippen molar-refractivity contribution >= 4 is 16.6 Å². The molecule has 0 aliphatic heterocycles. The van der Waals surface area contributed by atoms with Gasteiger partial charge in [-0.1, -0.05) is 18.2 Å². The lowest BCUT2D eigenvalue weighted by Gasteiger charge is -2.22. The third kappa shape index (κ3) is 2.06. The Labute approximate surface area is 101 Å². The van der Waals surface area contributed by atoms with Gasteiger partial charge in [-0.3, -0.25) is 9.78 Å². The zero-order valence-corrected chi connectivity index (χ0v) is 10.3. The molecule has 17 heavy (non-hydrogen) atoms. The average molecular weight is 228 g/mol. The fourth-order valence-corrected chi connectivity index (χ4v) is 1.76. The summed E-state index contributed by atoms with van der Waals surface area (Å²) in [5.41, 5.74) is 0.152. The highest BCUT2D eigenvalue weighted by molar-refractivity contribution is 6.11. The standard InChI is InChI=1S/C14H16N2O/c1-14(2,15-3)13(17)11-6-4-5-10-7-8-16-9-12(10)11/h4-9,15H,1-3H3. The number of Topliss-reactive ketones (excluding diaryl/α,β-unsaturated/α-hetero) is 1. The summed E-state index contributed by atoms with van der Waals surface area (Å²) in [6.45, 7) is 3.76. The van der Waals surface area contributed by atoms with Gasteiger partial charge >= 0.3 is 0 Å². The fraction of sp³-hybridized carbons (Fsp3) is 0.286. The maximum absolute atomic E-state index is 12.4. The lowest BCUT2D eigenvalue weighted by Crippen LogP contribution is -2.44. The second kappa shape index (κ2) is 4.26. The van der Waals surface area contributed by atoms with Crippen LogP contribution in [0.3, 0.4) is 0 Å². The van der Waals surface area contributed by atoms with Crippen molar-refractivity contribution < 1.29 is 4.79 Å². The Hall–Kier alpha value is -1.74. The Bertz CT molecular complexity index is 556. The van der Waals surface area contributed by atoms with Gasteiger partial charge in [0.05, 0.1) is 5.54 Å². The summed E-state index contributed by atoms with van der Waals surface area (Å²) in [4.78, 5) is 16.5. The molecule has 0 radical (unpaired) electrons. The quantitative estimate of drug-likeness (QED) is 0.820. The number of fused-ring (bicyclic) bond motifs is 1. The van der Waals surface area contributed by atoms with Gasteiger partial charge in [0.15, 0.2) is 5.78 Å². The Balaban J connectivity index is 2.60. The first kappa shape index (κ1) is 11.7. The molecule has 1 aromatic heterocycles. The summed E-state index contributed by atoms with van der Waals surface area (Å²) < 4.78 is 0. The minimum Gasteiger partial charge on any atom is -0.308 e. The van der Waals surface area contributed by atoms with Gasteiger partial charge in [0.1, 0.15) is 0 Å². The zero-order chi connectivity index (χ0) is 12.5. The van der Waals surface area contributed by atoms with Crippen LogP contribution in [0.4, 0.5) is 0 Å². The van der Waals surface area contributed by atoms with Gasteiger partial charge in [-0.15, -0.1) is 0 Å². The molecule has 3 heteroatoms. The second-order valence-electron chi connectivity index (χ2n) is 4.61. The van der Waals surface area contributed by atoms with Crippen molar-refractivity contribution in [2.75, 3.05) is 7.05 Å². The van der Waals surface area contributed by atoms with E-state index < -0.39 is 5.54 Å². The van der Waals surface area contributed by atoms with Gasteiger partial charge in [0.2, 0.25) is 0 Å². The summed E-state index contributed by atoms with van der Waals surface area (Å²) in [7, 11) is 1.79. The number of aromatic nitrogens is 1. The maximum Gasteiger partial charge on any atom is 0.182 e. The van der Waals surface area contributed by atoms with E-state index in [2.05, 4.69) is 10.3 Å². The lowest BCUT2D eigenvalue weighted by molar-refractivity contribution is 0.0891. The molecule has 0 atom stereocenters. The highest BCUT2D eigenvalue weighted by Gasteiger charge is 2.27. The molecule has 0 saturated carbocycles. The van der Waals surface area contributed by atoms with Crippen molar-refractivity contribution in [3.05, 3.63) is 42.2 Å². The van der Waals surface area contributed by atoms with E-state index in [0.717, 1.165) is 16.3 Å². The Kier molecular flexibility index (Phi) is 2.94. The number of hydrogen-bond acceptors (Lipinski definition) is 3. The fourth-order valence-electron chi connectivity index (χ4n) is 1.76. The monoisotopic (exact) mass is 228 g/mol. The molecule has 0 aliphatic rings. The smallest absolute Gasteiger partial charge is 0.182 e. The Morgan fingerprint density at radius 1 is 1.29 bits per heavy atom. The van der Waals surface area contributed by atoms with Crippen LogP contribution in [0.5, 0.6) is 0 Å². The first-order valence-corrected chi connectivity index (χ1v) is 5.63. The van der Waals surface area contributed by atoms with E-state index in [1.807, 2.05) is 38.1 Å². The molecule has 2 aromatic rings. The van der Waals surface area contributed by atoms with Crippen LogP contribution in [0, 0.1) is 0 Å². The molecule has 1 aromatic carbocycles. The number of carbonyl (C=O) groups is 1. The van der Waals surface area contributed by atoms with Crippen LogP contribution in [-0.2, 0) is 0 Å². The van der Waals surface area contributed by atoms with Crippen molar-refractivity contribution in [2.24, 2.45) is 0 Å². The minimum atomic E-state index is -0.565. The van der Waals surface area contributed by atoms with E-state index >= 15 is 0 Å². The zero-order valence-electron chi connectivity index (χ0n) is 10.3. The van der Waals surface area contributed by atoms with Crippen molar-refractivity contribution in [2.45, 2.75) is 19.4 Å². The molecule has 0 spiro atoms. The number of rotatable bonds is 3. The molecule has 3 nitrogen and oxygen atoms in total. The van der Waals surface area contributed by atoms with Gasteiger partial charge in [0.25, 0.3) is 0 Å². The summed E-state index contributed by atoms with van der Waals surface area (Å²) in [5, 5.41) is 4.98. The van der Waals surface area contributed by atoms with Gasteiger partial charge < -0.3 is 5.32 Å². The van der Waals surface area contributed by atoms with E-state index in [1.54, 1.807) is 19.4 Å². The van der Waals surface area contributed by atoms with Crippen LogP contribution in [0.2, 0.25) is 0 Å².